The van der Waals surface area contributed by atoms with Crippen LogP contribution in [0, 0.1) is 0 Å². The van der Waals surface area contributed by atoms with Gasteiger partial charge in [-0.05, 0) is 30.7 Å². The SMILES string of the molecule is CCCCCN(C)c1cccc(OC)c1OCc1ccccn1. The van der Waals surface area contributed by atoms with Crippen LogP contribution in [0.1, 0.15) is 31.9 Å². The molecule has 0 aliphatic carbocycles. The van der Waals surface area contributed by atoms with E-state index < -0.39 is 0 Å². The number of benzene rings is 1. The van der Waals surface area contributed by atoms with Crippen molar-refractivity contribution in [2.45, 2.75) is 32.8 Å². The number of ether oxygens (including phenoxy) is 2. The third kappa shape index (κ3) is 4.88. The van der Waals surface area contributed by atoms with Crippen molar-refractivity contribution >= 4 is 5.69 Å². The van der Waals surface area contributed by atoms with E-state index in [4.69, 9.17) is 9.47 Å². The van der Waals surface area contributed by atoms with E-state index in [0.29, 0.717) is 6.61 Å². The monoisotopic (exact) mass is 314 g/mol. The Bertz CT molecular complexity index is 587. The first-order chi connectivity index (χ1) is 11.3. The summed E-state index contributed by atoms with van der Waals surface area (Å²) >= 11 is 0. The van der Waals surface area contributed by atoms with Crippen LogP contribution in [0.2, 0.25) is 0 Å². The van der Waals surface area contributed by atoms with Crippen LogP contribution in [-0.2, 0) is 6.61 Å². The summed E-state index contributed by atoms with van der Waals surface area (Å²) in [6.45, 7) is 3.64. The number of rotatable bonds is 9. The predicted octanol–water partition coefficient (Wildman–Crippen LogP) is 4.30. The average molecular weight is 314 g/mol. The number of aromatic nitrogens is 1. The maximum Gasteiger partial charge on any atom is 0.184 e. The van der Waals surface area contributed by atoms with E-state index in [1.165, 1.54) is 19.3 Å². The van der Waals surface area contributed by atoms with E-state index in [9.17, 15) is 0 Å². The number of hydrogen-bond acceptors (Lipinski definition) is 4. The van der Waals surface area contributed by atoms with Crippen molar-refractivity contribution in [3.63, 3.8) is 0 Å². The van der Waals surface area contributed by atoms with E-state index in [-0.39, 0.29) is 0 Å². The first-order valence-electron chi connectivity index (χ1n) is 8.17. The molecule has 124 valence electrons. The number of nitrogens with zero attached hydrogens (tertiary/aromatic N) is 2. The summed E-state index contributed by atoms with van der Waals surface area (Å²) in [6.07, 6.45) is 5.40. The van der Waals surface area contributed by atoms with Gasteiger partial charge in [0, 0.05) is 19.8 Å². The lowest BCUT2D eigenvalue weighted by molar-refractivity contribution is 0.281. The van der Waals surface area contributed by atoms with Gasteiger partial charge in [0.15, 0.2) is 11.5 Å². The molecule has 1 aromatic heterocycles. The third-order valence-corrected chi connectivity index (χ3v) is 3.78. The van der Waals surface area contributed by atoms with Crippen LogP contribution in [0.4, 0.5) is 5.69 Å². The first kappa shape index (κ1) is 17.1. The van der Waals surface area contributed by atoms with Crippen molar-refractivity contribution in [3.05, 3.63) is 48.3 Å². The van der Waals surface area contributed by atoms with E-state index in [2.05, 4.69) is 29.9 Å². The number of para-hydroxylation sites is 1. The van der Waals surface area contributed by atoms with E-state index in [1.54, 1.807) is 13.3 Å². The van der Waals surface area contributed by atoms with Crippen LogP contribution < -0.4 is 14.4 Å². The van der Waals surface area contributed by atoms with Gasteiger partial charge in [-0.15, -0.1) is 0 Å². The van der Waals surface area contributed by atoms with Crippen molar-refractivity contribution in [1.29, 1.82) is 0 Å². The molecule has 0 aliphatic heterocycles. The minimum atomic E-state index is 0.428. The highest BCUT2D eigenvalue weighted by Gasteiger charge is 2.14. The molecule has 23 heavy (non-hydrogen) atoms. The number of anilines is 1. The molecule has 1 heterocycles. The van der Waals surface area contributed by atoms with Crippen LogP contribution in [0.15, 0.2) is 42.6 Å². The van der Waals surface area contributed by atoms with Crippen molar-refractivity contribution in [2.75, 3.05) is 25.6 Å². The summed E-state index contributed by atoms with van der Waals surface area (Å²) in [7, 11) is 3.77. The molecule has 0 saturated heterocycles. The van der Waals surface area contributed by atoms with Crippen LogP contribution in [0.3, 0.4) is 0 Å². The highest BCUT2D eigenvalue weighted by atomic mass is 16.5. The van der Waals surface area contributed by atoms with Gasteiger partial charge in [0.25, 0.3) is 0 Å². The van der Waals surface area contributed by atoms with Crippen molar-refractivity contribution in [3.8, 4) is 11.5 Å². The Morgan fingerprint density at radius 1 is 1.09 bits per heavy atom. The Kier molecular flexibility index (Phi) is 6.73. The summed E-state index contributed by atoms with van der Waals surface area (Å²) in [5.74, 6) is 1.53. The maximum atomic E-state index is 6.04. The molecule has 0 atom stereocenters. The molecule has 0 fully saturated rings. The van der Waals surface area contributed by atoms with Gasteiger partial charge in [0.1, 0.15) is 6.61 Å². The van der Waals surface area contributed by atoms with Gasteiger partial charge >= 0.3 is 0 Å². The molecular formula is C19H26N2O2. The number of methoxy groups -OCH3 is 1. The fourth-order valence-electron chi connectivity index (χ4n) is 2.46. The zero-order chi connectivity index (χ0) is 16.5. The lowest BCUT2D eigenvalue weighted by Gasteiger charge is -2.23. The molecule has 4 nitrogen and oxygen atoms in total. The lowest BCUT2D eigenvalue weighted by atomic mass is 10.2. The van der Waals surface area contributed by atoms with E-state index in [1.807, 2.05) is 30.3 Å². The molecule has 0 aliphatic rings. The summed E-state index contributed by atoms with van der Waals surface area (Å²) in [5, 5.41) is 0. The van der Waals surface area contributed by atoms with Crippen LogP contribution >= 0.6 is 0 Å². The summed E-state index contributed by atoms with van der Waals surface area (Å²) < 4.78 is 11.5. The second kappa shape index (κ2) is 9.03. The van der Waals surface area contributed by atoms with Crippen molar-refractivity contribution < 1.29 is 9.47 Å². The second-order valence-corrected chi connectivity index (χ2v) is 5.55. The zero-order valence-corrected chi connectivity index (χ0v) is 14.3. The van der Waals surface area contributed by atoms with Crippen molar-refractivity contribution in [1.82, 2.24) is 4.98 Å². The Hall–Kier alpha value is -2.23. The Morgan fingerprint density at radius 2 is 1.96 bits per heavy atom. The number of pyridine rings is 1. The predicted molar refractivity (Wildman–Crippen MR) is 94.4 cm³/mol. The Labute approximate surface area is 139 Å². The fourth-order valence-corrected chi connectivity index (χ4v) is 2.46. The fraction of sp³-hybridized carbons (Fsp3) is 0.421. The lowest BCUT2D eigenvalue weighted by Crippen LogP contribution is -2.19. The Morgan fingerprint density at radius 3 is 2.65 bits per heavy atom. The van der Waals surface area contributed by atoms with Crippen molar-refractivity contribution in [2.24, 2.45) is 0 Å². The summed E-state index contributed by atoms with van der Waals surface area (Å²) in [4.78, 5) is 6.53. The van der Waals surface area contributed by atoms with E-state index >= 15 is 0 Å². The topological polar surface area (TPSA) is 34.6 Å². The van der Waals surface area contributed by atoms with Crippen LogP contribution in [-0.4, -0.2) is 25.7 Å². The highest BCUT2D eigenvalue weighted by Crippen LogP contribution is 2.37. The number of hydrogen-bond donors (Lipinski definition) is 0. The summed E-state index contributed by atoms with van der Waals surface area (Å²) in [5.41, 5.74) is 1.95. The van der Waals surface area contributed by atoms with Gasteiger partial charge in [0.05, 0.1) is 18.5 Å². The molecule has 0 amide bonds. The normalized spacial score (nSPS) is 10.4. The summed E-state index contributed by atoms with van der Waals surface area (Å²) in [6, 6.07) is 11.8. The van der Waals surface area contributed by atoms with Gasteiger partial charge in [-0.3, -0.25) is 4.98 Å². The molecule has 1 aromatic carbocycles. The smallest absolute Gasteiger partial charge is 0.184 e. The molecule has 0 saturated carbocycles. The third-order valence-electron chi connectivity index (χ3n) is 3.78. The average Bonchev–Trinajstić information content (AvgIpc) is 2.60. The molecule has 0 N–H and O–H groups in total. The molecule has 2 rings (SSSR count). The van der Waals surface area contributed by atoms with Crippen LogP contribution in [0.25, 0.3) is 0 Å². The minimum Gasteiger partial charge on any atom is -0.493 e. The van der Waals surface area contributed by atoms with Gasteiger partial charge in [-0.1, -0.05) is 31.9 Å². The largest absolute Gasteiger partial charge is 0.493 e. The van der Waals surface area contributed by atoms with Gasteiger partial charge in [-0.25, -0.2) is 0 Å². The van der Waals surface area contributed by atoms with E-state index in [0.717, 1.165) is 29.4 Å². The quantitative estimate of drug-likeness (QED) is 0.647. The maximum absolute atomic E-state index is 6.04. The molecule has 0 unspecified atom stereocenters. The standard InChI is InChI=1S/C19H26N2O2/c1-4-5-8-14-21(2)17-11-9-12-18(22-3)19(17)23-15-16-10-6-7-13-20-16/h6-7,9-13H,4-5,8,14-15H2,1-3H3. The molecule has 0 radical (unpaired) electrons. The molecule has 4 heteroatoms. The minimum absolute atomic E-state index is 0.428. The van der Waals surface area contributed by atoms with Gasteiger partial charge < -0.3 is 14.4 Å². The Balaban J connectivity index is 2.14. The molecular weight excluding hydrogens is 288 g/mol. The molecule has 0 spiro atoms. The van der Waals surface area contributed by atoms with Crippen LogP contribution in [0.5, 0.6) is 11.5 Å². The van der Waals surface area contributed by atoms with Gasteiger partial charge in [0.2, 0.25) is 0 Å². The van der Waals surface area contributed by atoms with Gasteiger partial charge in [-0.2, -0.15) is 0 Å². The molecule has 0 bridgehead atoms. The zero-order valence-electron chi connectivity index (χ0n) is 14.3. The highest BCUT2D eigenvalue weighted by molar-refractivity contribution is 5.64. The molecule has 2 aromatic rings. The number of unbranched alkanes of at least 4 members (excludes halogenated alkanes) is 2. The second-order valence-electron chi connectivity index (χ2n) is 5.55. The first-order valence-corrected chi connectivity index (χ1v) is 8.17.